The fourth-order valence-corrected chi connectivity index (χ4v) is 2.98. The summed E-state index contributed by atoms with van der Waals surface area (Å²) in [6.07, 6.45) is 3.76. The molecule has 124 valence electrons. The number of imidazole rings is 1. The van der Waals surface area contributed by atoms with Crippen LogP contribution in [0.15, 0.2) is 47.8 Å². The van der Waals surface area contributed by atoms with Crippen molar-refractivity contribution < 1.29 is 14.3 Å². The molecule has 0 aliphatic rings. The van der Waals surface area contributed by atoms with Crippen LogP contribution in [-0.4, -0.2) is 26.7 Å². The van der Waals surface area contributed by atoms with Crippen LogP contribution in [0.4, 0.5) is 4.39 Å². The lowest BCUT2D eigenvalue weighted by Crippen LogP contribution is -2.23. The zero-order valence-electron chi connectivity index (χ0n) is 13.0. The molecule has 1 amide bonds. The highest BCUT2D eigenvalue weighted by molar-refractivity contribution is 7.98. The predicted octanol–water partition coefficient (Wildman–Crippen LogP) is 2.62. The number of aliphatic hydroxyl groups is 1. The molecule has 2 heterocycles. The summed E-state index contributed by atoms with van der Waals surface area (Å²) in [5, 5.41) is 12.6. The topological polar surface area (TPSA) is 66.6 Å². The second-order valence-corrected chi connectivity index (χ2v) is 5.94. The second-order valence-electron chi connectivity index (χ2n) is 5.17. The number of pyridine rings is 1. The third-order valence-corrected chi connectivity index (χ3v) is 4.30. The number of nitrogens with one attached hydrogen (secondary N) is 1. The van der Waals surface area contributed by atoms with E-state index in [0.29, 0.717) is 11.3 Å². The average molecular weight is 345 g/mol. The van der Waals surface area contributed by atoms with Gasteiger partial charge in [0.1, 0.15) is 5.82 Å². The summed E-state index contributed by atoms with van der Waals surface area (Å²) in [6.45, 7) is -0.150. The maximum Gasteiger partial charge on any atom is 0.272 e. The van der Waals surface area contributed by atoms with Crippen LogP contribution in [0.1, 0.15) is 21.6 Å². The molecule has 0 bridgehead atoms. The van der Waals surface area contributed by atoms with Crippen LogP contribution in [0.25, 0.3) is 5.52 Å². The number of halogens is 1. The van der Waals surface area contributed by atoms with Gasteiger partial charge in [0.2, 0.25) is 0 Å². The number of fused-ring (bicyclic) bond motifs is 1. The van der Waals surface area contributed by atoms with E-state index in [1.54, 1.807) is 6.07 Å². The van der Waals surface area contributed by atoms with E-state index < -0.39 is 5.82 Å². The molecule has 2 N–H and O–H groups in total. The lowest BCUT2D eigenvalue weighted by molar-refractivity contribution is 0.0947. The van der Waals surface area contributed by atoms with Gasteiger partial charge in [0.05, 0.1) is 12.1 Å². The van der Waals surface area contributed by atoms with E-state index in [0.717, 1.165) is 10.7 Å². The van der Waals surface area contributed by atoms with Crippen molar-refractivity contribution in [3.8, 4) is 0 Å². The van der Waals surface area contributed by atoms with Crippen molar-refractivity contribution in [2.75, 3.05) is 6.26 Å². The van der Waals surface area contributed by atoms with Gasteiger partial charge in [-0.3, -0.25) is 9.20 Å². The fourth-order valence-electron chi connectivity index (χ4n) is 2.45. The number of amides is 1. The Hall–Kier alpha value is -2.38. The lowest BCUT2D eigenvalue weighted by atomic mass is 10.1. The van der Waals surface area contributed by atoms with Crippen molar-refractivity contribution in [3.05, 3.63) is 65.2 Å². The Morgan fingerprint density at radius 2 is 2.21 bits per heavy atom. The Labute approximate surface area is 142 Å². The molecule has 7 heteroatoms. The first kappa shape index (κ1) is 16.5. The van der Waals surface area contributed by atoms with Gasteiger partial charge in [0, 0.05) is 18.3 Å². The summed E-state index contributed by atoms with van der Waals surface area (Å²) in [7, 11) is 0. The number of hydrogen-bond acceptors (Lipinski definition) is 4. The summed E-state index contributed by atoms with van der Waals surface area (Å²) >= 11 is 1.46. The molecule has 1 aromatic carbocycles. The van der Waals surface area contributed by atoms with Gasteiger partial charge in [-0.2, -0.15) is 0 Å². The quantitative estimate of drug-likeness (QED) is 0.698. The van der Waals surface area contributed by atoms with Crippen molar-refractivity contribution >= 4 is 23.2 Å². The highest BCUT2D eigenvalue weighted by Crippen LogP contribution is 2.20. The van der Waals surface area contributed by atoms with Crippen LogP contribution in [0.2, 0.25) is 0 Å². The van der Waals surface area contributed by atoms with Crippen LogP contribution in [0, 0.1) is 5.82 Å². The molecule has 0 radical (unpaired) electrons. The molecule has 0 spiro atoms. The number of benzene rings is 1. The van der Waals surface area contributed by atoms with E-state index >= 15 is 0 Å². The summed E-state index contributed by atoms with van der Waals surface area (Å²) < 4.78 is 15.3. The number of rotatable bonds is 5. The molecule has 0 aliphatic heterocycles. The number of carbonyl (C=O) groups is 1. The molecule has 0 unspecified atom stereocenters. The van der Waals surface area contributed by atoms with Gasteiger partial charge in [0.25, 0.3) is 5.91 Å². The highest BCUT2D eigenvalue weighted by atomic mass is 32.2. The molecule has 3 rings (SSSR count). The van der Waals surface area contributed by atoms with Crippen molar-refractivity contribution in [1.29, 1.82) is 0 Å². The minimum absolute atomic E-state index is 0.207. The molecule has 0 aliphatic carbocycles. The van der Waals surface area contributed by atoms with E-state index in [2.05, 4.69) is 10.3 Å². The van der Waals surface area contributed by atoms with E-state index in [1.807, 2.05) is 35.1 Å². The molecule has 24 heavy (non-hydrogen) atoms. The molecule has 3 aromatic rings. The lowest BCUT2D eigenvalue weighted by Gasteiger charge is -2.06. The zero-order chi connectivity index (χ0) is 17.1. The minimum Gasteiger partial charge on any atom is -0.392 e. The number of nitrogens with zero attached hydrogens (tertiary/aromatic N) is 2. The van der Waals surface area contributed by atoms with E-state index in [-0.39, 0.29) is 24.6 Å². The summed E-state index contributed by atoms with van der Waals surface area (Å²) in [4.78, 5) is 16.8. The molecular weight excluding hydrogens is 329 g/mol. The van der Waals surface area contributed by atoms with Gasteiger partial charge in [-0.15, -0.1) is 0 Å². The van der Waals surface area contributed by atoms with Crippen LogP contribution < -0.4 is 5.32 Å². The first-order valence-corrected chi connectivity index (χ1v) is 8.54. The van der Waals surface area contributed by atoms with Gasteiger partial charge >= 0.3 is 0 Å². The summed E-state index contributed by atoms with van der Waals surface area (Å²) in [6, 6.07) is 9.96. The van der Waals surface area contributed by atoms with Crippen molar-refractivity contribution in [2.24, 2.45) is 0 Å². The first-order chi connectivity index (χ1) is 11.6. The third kappa shape index (κ3) is 3.13. The van der Waals surface area contributed by atoms with Crippen molar-refractivity contribution in [2.45, 2.75) is 18.3 Å². The largest absolute Gasteiger partial charge is 0.392 e. The molecule has 2 aromatic heterocycles. The highest BCUT2D eigenvalue weighted by Gasteiger charge is 2.16. The normalized spacial score (nSPS) is 11.0. The Morgan fingerprint density at radius 1 is 1.38 bits per heavy atom. The fraction of sp³-hybridized carbons (Fsp3) is 0.176. The monoisotopic (exact) mass is 345 g/mol. The van der Waals surface area contributed by atoms with Crippen LogP contribution >= 0.6 is 11.8 Å². The molecule has 0 atom stereocenters. The van der Waals surface area contributed by atoms with Gasteiger partial charge < -0.3 is 10.4 Å². The number of aromatic nitrogens is 2. The molecule has 0 saturated carbocycles. The smallest absolute Gasteiger partial charge is 0.272 e. The maximum atomic E-state index is 13.4. The van der Waals surface area contributed by atoms with Crippen molar-refractivity contribution in [3.63, 3.8) is 0 Å². The molecule has 0 saturated heterocycles. The summed E-state index contributed by atoms with van der Waals surface area (Å²) in [5.41, 5.74) is 2.00. The predicted molar refractivity (Wildman–Crippen MR) is 90.5 cm³/mol. The standard InChI is InChI=1S/C17H16FN3O2S/c1-24-17-20-15(14-4-2-3-7-21(14)17)16(23)19-9-11-5-6-13(18)12(8-11)10-22/h2-8,22H,9-10H2,1H3,(H,19,23). The molecule has 0 fully saturated rings. The van der Waals surface area contributed by atoms with Crippen molar-refractivity contribution in [1.82, 2.24) is 14.7 Å². The Kier molecular flexibility index (Phi) is 4.82. The SMILES string of the molecule is CSc1nc(C(=O)NCc2ccc(F)c(CO)c2)c2ccccn12. The van der Waals surface area contributed by atoms with Gasteiger partial charge in [-0.05, 0) is 36.1 Å². The second kappa shape index (κ2) is 7.02. The maximum absolute atomic E-state index is 13.4. The molecular formula is C17H16FN3O2S. The third-order valence-electron chi connectivity index (χ3n) is 3.65. The zero-order valence-corrected chi connectivity index (χ0v) is 13.8. The van der Waals surface area contributed by atoms with Crippen LogP contribution in [0.5, 0.6) is 0 Å². The minimum atomic E-state index is -0.461. The van der Waals surface area contributed by atoms with Gasteiger partial charge in [-0.25, -0.2) is 9.37 Å². The Morgan fingerprint density at radius 3 is 2.96 bits per heavy atom. The van der Waals surface area contributed by atoms with Crippen LogP contribution in [-0.2, 0) is 13.2 Å². The van der Waals surface area contributed by atoms with Gasteiger partial charge in [-0.1, -0.05) is 23.9 Å². The number of carbonyl (C=O) groups excluding carboxylic acids is 1. The number of thioether (sulfide) groups is 1. The van der Waals surface area contributed by atoms with Crippen LogP contribution in [0.3, 0.4) is 0 Å². The summed E-state index contributed by atoms with van der Waals surface area (Å²) in [5.74, 6) is -0.758. The first-order valence-electron chi connectivity index (χ1n) is 7.31. The van der Waals surface area contributed by atoms with Gasteiger partial charge in [0.15, 0.2) is 10.9 Å². The number of hydrogen-bond donors (Lipinski definition) is 2. The Bertz CT molecular complexity index is 895. The number of aliphatic hydroxyl groups excluding tert-OH is 1. The Balaban J connectivity index is 1.81. The van der Waals surface area contributed by atoms with E-state index in [1.165, 1.54) is 23.9 Å². The molecule has 5 nitrogen and oxygen atoms in total. The van der Waals surface area contributed by atoms with E-state index in [4.69, 9.17) is 5.11 Å². The van der Waals surface area contributed by atoms with E-state index in [9.17, 15) is 9.18 Å². The average Bonchev–Trinajstić information content (AvgIpc) is 2.99.